The SMILES string of the molecule is CC(CC(F)Cn1ccc2cc(-c3ncc(C(F)CF)cn3)c(F)cc2c1=O)Nc1cn[nH]c(=O)c1C(F)(F)F. The Morgan fingerprint density at radius 2 is 1.80 bits per heavy atom. The molecule has 3 heterocycles. The Morgan fingerprint density at radius 1 is 1.10 bits per heavy atom. The zero-order valence-electron chi connectivity index (χ0n) is 20.6. The summed E-state index contributed by atoms with van der Waals surface area (Å²) in [6.45, 7) is -0.347. The van der Waals surface area contributed by atoms with Crippen molar-refractivity contribution in [1.29, 1.82) is 0 Å². The quantitative estimate of drug-likeness (QED) is 0.277. The molecule has 0 aliphatic rings. The minimum Gasteiger partial charge on any atom is -0.381 e. The third kappa shape index (κ3) is 6.13. The Balaban J connectivity index is 1.51. The average Bonchev–Trinajstić information content (AvgIpc) is 2.89. The van der Waals surface area contributed by atoms with E-state index < -0.39 is 66.0 Å². The molecule has 0 saturated heterocycles. The van der Waals surface area contributed by atoms with E-state index in [9.17, 15) is 40.3 Å². The van der Waals surface area contributed by atoms with Crippen LogP contribution in [0.25, 0.3) is 22.2 Å². The Morgan fingerprint density at radius 3 is 2.45 bits per heavy atom. The maximum atomic E-state index is 14.9. The second-order valence-corrected chi connectivity index (χ2v) is 9.02. The maximum absolute atomic E-state index is 14.9. The molecule has 212 valence electrons. The van der Waals surface area contributed by atoms with Gasteiger partial charge in [0.15, 0.2) is 12.0 Å². The molecule has 0 fully saturated rings. The van der Waals surface area contributed by atoms with Gasteiger partial charge in [-0.1, -0.05) is 0 Å². The second-order valence-electron chi connectivity index (χ2n) is 9.02. The van der Waals surface area contributed by atoms with Crippen LogP contribution in [0.5, 0.6) is 0 Å². The van der Waals surface area contributed by atoms with E-state index >= 15 is 0 Å². The fourth-order valence-corrected chi connectivity index (χ4v) is 4.13. The topological polar surface area (TPSA) is 106 Å². The van der Waals surface area contributed by atoms with Crippen LogP contribution in [0.3, 0.4) is 0 Å². The molecule has 3 atom stereocenters. The van der Waals surface area contributed by atoms with Crippen molar-refractivity contribution >= 4 is 16.5 Å². The molecule has 3 unspecified atom stereocenters. The molecule has 0 radical (unpaired) electrons. The first-order valence-corrected chi connectivity index (χ1v) is 11.8. The summed E-state index contributed by atoms with van der Waals surface area (Å²) in [7, 11) is 0. The predicted octanol–water partition coefficient (Wildman–Crippen LogP) is 4.91. The van der Waals surface area contributed by atoms with Gasteiger partial charge in [-0.15, -0.1) is 0 Å². The number of H-pyrrole nitrogens is 1. The van der Waals surface area contributed by atoms with Gasteiger partial charge in [-0.25, -0.2) is 32.6 Å². The van der Waals surface area contributed by atoms with E-state index in [-0.39, 0.29) is 34.1 Å². The number of rotatable bonds is 9. The van der Waals surface area contributed by atoms with Gasteiger partial charge in [-0.3, -0.25) is 9.59 Å². The number of hydrogen-bond donors (Lipinski definition) is 2. The number of halogens is 7. The molecule has 0 aliphatic carbocycles. The maximum Gasteiger partial charge on any atom is 0.423 e. The highest BCUT2D eigenvalue weighted by Gasteiger charge is 2.37. The Bertz CT molecular complexity index is 1620. The summed E-state index contributed by atoms with van der Waals surface area (Å²) in [6, 6.07) is 2.76. The van der Waals surface area contributed by atoms with Crippen LogP contribution in [0.1, 0.15) is 30.6 Å². The lowest BCUT2D eigenvalue weighted by Gasteiger charge is -2.20. The summed E-state index contributed by atoms with van der Waals surface area (Å²) in [5, 5.41) is 7.67. The molecule has 0 bridgehead atoms. The third-order valence-corrected chi connectivity index (χ3v) is 6.02. The van der Waals surface area contributed by atoms with Crippen molar-refractivity contribution in [2.45, 2.75) is 44.5 Å². The minimum atomic E-state index is -4.97. The van der Waals surface area contributed by atoms with E-state index in [1.54, 1.807) is 5.10 Å². The normalized spacial score (nSPS) is 14.2. The highest BCUT2D eigenvalue weighted by Crippen LogP contribution is 2.32. The van der Waals surface area contributed by atoms with Crippen LogP contribution in [-0.2, 0) is 12.7 Å². The van der Waals surface area contributed by atoms with Gasteiger partial charge >= 0.3 is 6.18 Å². The van der Waals surface area contributed by atoms with Crippen molar-refractivity contribution in [1.82, 2.24) is 24.7 Å². The standard InChI is InChI=1S/C25H21F7N6O2/c1-12(36-20-10-35-37-23(39)21(20)25(30,31)32)4-15(27)11-38-3-2-13-5-17(18(28)6-16(13)24(38)40)22-33-8-14(9-34-22)19(29)7-26/h2-3,5-6,8-10,12,15,19H,4,7,11H2,1H3,(H2,36,37,39). The molecule has 1 aromatic carbocycles. The van der Waals surface area contributed by atoms with E-state index in [1.807, 2.05) is 0 Å². The van der Waals surface area contributed by atoms with Crippen molar-refractivity contribution < 1.29 is 30.7 Å². The summed E-state index contributed by atoms with van der Waals surface area (Å²) in [6.07, 6.45) is -4.82. The summed E-state index contributed by atoms with van der Waals surface area (Å²) in [5.74, 6) is -0.994. The van der Waals surface area contributed by atoms with E-state index in [0.717, 1.165) is 29.2 Å². The van der Waals surface area contributed by atoms with Gasteiger partial charge in [0.05, 0.1) is 29.4 Å². The van der Waals surface area contributed by atoms with Crippen molar-refractivity contribution in [2.75, 3.05) is 12.0 Å². The third-order valence-electron chi connectivity index (χ3n) is 6.02. The molecule has 4 aromatic rings. The first kappa shape index (κ1) is 28.7. The smallest absolute Gasteiger partial charge is 0.381 e. The molecule has 0 amide bonds. The first-order valence-electron chi connectivity index (χ1n) is 11.8. The number of nitrogens with one attached hydrogen (secondary N) is 2. The zero-order valence-corrected chi connectivity index (χ0v) is 20.6. The lowest BCUT2D eigenvalue weighted by molar-refractivity contribution is -0.138. The van der Waals surface area contributed by atoms with E-state index in [1.165, 1.54) is 25.3 Å². The van der Waals surface area contributed by atoms with E-state index in [2.05, 4.69) is 20.4 Å². The summed E-state index contributed by atoms with van der Waals surface area (Å²) < 4.78 is 96.4. The fraction of sp³-hybridized carbons (Fsp3) is 0.320. The number of anilines is 1. The molecule has 2 N–H and O–H groups in total. The summed E-state index contributed by atoms with van der Waals surface area (Å²) in [5.41, 5.74) is -4.49. The van der Waals surface area contributed by atoms with Gasteiger partial charge in [0.25, 0.3) is 11.1 Å². The number of hydrogen-bond acceptors (Lipinski definition) is 6. The van der Waals surface area contributed by atoms with Gasteiger partial charge in [-0.05, 0) is 30.5 Å². The molecule has 4 rings (SSSR count). The Hall–Kier alpha value is -4.30. The molecule has 15 heteroatoms. The summed E-state index contributed by atoms with van der Waals surface area (Å²) >= 11 is 0. The van der Waals surface area contributed by atoms with Gasteiger partial charge in [0.2, 0.25) is 0 Å². The van der Waals surface area contributed by atoms with Crippen LogP contribution in [0.15, 0.2) is 52.6 Å². The molecule has 0 saturated carbocycles. The van der Waals surface area contributed by atoms with Gasteiger partial charge in [-0.2, -0.15) is 18.3 Å². The van der Waals surface area contributed by atoms with Gasteiger partial charge < -0.3 is 9.88 Å². The van der Waals surface area contributed by atoms with Crippen molar-refractivity contribution in [3.63, 3.8) is 0 Å². The van der Waals surface area contributed by atoms with E-state index in [4.69, 9.17) is 0 Å². The predicted molar refractivity (Wildman–Crippen MR) is 131 cm³/mol. The van der Waals surface area contributed by atoms with Crippen LogP contribution in [0.2, 0.25) is 0 Å². The van der Waals surface area contributed by atoms with Gasteiger partial charge in [0, 0.05) is 36.6 Å². The lowest BCUT2D eigenvalue weighted by atomic mass is 10.1. The number of aromatic nitrogens is 5. The minimum absolute atomic E-state index is 0.0793. The monoisotopic (exact) mass is 570 g/mol. The van der Waals surface area contributed by atoms with Crippen LogP contribution < -0.4 is 16.4 Å². The highest BCUT2D eigenvalue weighted by molar-refractivity contribution is 5.86. The number of fused-ring (bicyclic) bond motifs is 1. The zero-order chi connectivity index (χ0) is 29.2. The molecular formula is C25H21F7N6O2. The fourth-order valence-electron chi connectivity index (χ4n) is 4.13. The number of benzene rings is 1. The van der Waals surface area contributed by atoms with Crippen molar-refractivity contribution in [2.24, 2.45) is 0 Å². The Kier molecular flexibility index (Phi) is 8.21. The number of nitrogens with zero attached hydrogens (tertiary/aromatic N) is 4. The highest BCUT2D eigenvalue weighted by atomic mass is 19.4. The largest absolute Gasteiger partial charge is 0.423 e. The number of alkyl halides is 6. The molecule has 3 aromatic heterocycles. The number of aromatic amines is 1. The molecule has 40 heavy (non-hydrogen) atoms. The van der Waals surface area contributed by atoms with Crippen molar-refractivity contribution in [3.05, 3.63) is 80.6 Å². The van der Waals surface area contributed by atoms with Gasteiger partial charge in [0.1, 0.15) is 24.2 Å². The van der Waals surface area contributed by atoms with Crippen molar-refractivity contribution in [3.8, 4) is 11.4 Å². The molecular weight excluding hydrogens is 549 g/mol. The first-order chi connectivity index (χ1) is 18.9. The molecule has 8 nitrogen and oxygen atoms in total. The molecule has 0 spiro atoms. The number of pyridine rings is 1. The van der Waals surface area contributed by atoms with Crippen LogP contribution in [-0.4, -0.2) is 43.6 Å². The summed E-state index contributed by atoms with van der Waals surface area (Å²) in [4.78, 5) is 32.2. The van der Waals surface area contributed by atoms with Crippen LogP contribution in [0, 0.1) is 5.82 Å². The lowest BCUT2D eigenvalue weighted by Crippen LogP contribution is -2.30. The van der Waals surface area contributed by atoms with Crippen LogP contribution >= 0.6 is 0 Å². The molecule has 0 aliphatic heterocycles. The Labute approximate surface area is 220 Å². The van der Waals surface area contributed by atoms with Crippen LogP contribution in [0.4, 0.5) is 36.4 Å². The second kappa shape index (κ2) is 11.4. The average molecular weight is 570 g/mol. The van der Waals surface area contributed by atoms with E-state index in [0.29, 0.717) is 0 Å².